The topological polar surface area (TPSA) is 69.2 Å². The molecule has 0 aliphatic heterocycles. The minimum Gasteiger partial charge on any atom is -0.545 e. The number of nitrogens with one attached hydrogen (secondary N) is 1. The average molecular weight is 258 g/mol. The maximum absolute atomic E-state index is 12.5. The predicted octanol–water partition coefficient (Wildman–Crippen LogP) is 0.950. The number of rotatable bonds is 3. The minimum atomic E-state index is -4.61. The Morgan fingerprint density at radius 1 is 1.17 bits per heavy atom. The van der Waals surface area contributed by atoms with Crippen molar-refractivity contribution in [2.45, 2.75) is 6.18 Å². The van der Waals surface area contributed by atoms with E-state index in [1.807, 2.05) is 5.32 Å². The van der Waals surface area contributed by atoms with Gasteiger partial charge in [-0.05, 0) is 18.2 Å². The lowest BCUT2D eigenvalue weighted by Crippen LogP contribution is -2.20. The summed E-state index contributed by atoms with van der Waals surface area (Å²) in [6.45, 7) is 0. The molecule has 0 saturated carbocycles. The summed E-state index contributed by atoms with van der Waals surface area (Å²) in [6, 6.07) is 4.36. The van der Waals surface area contributed by atoms with Crippen LogP contribution in [-0.2, 0) is 15.8 Å². The SMILES string of the molecule is O=C([O-])/C=C/C(=O)Nc1ccccc1C(F)(F)F. The zero-order valence-electron chi connectivity index (χ0n) is 8.82. The maximum atomic E-state index is 12.5. The number of anilines is 1. The van der Waals surface area contributed by atoms with Gasteiger partial charge in [0, 0.05) is 6.08 Å². The molecule has 1 amide bonds. The maximum Gasteiger partial charge on any atom is 0.418 e. The van der Waals surface area contributed by atoms with E-state index in [2.05, 4.69) is 0 Å². The lowest BCUT2D eigenvalue weighted by Gasteiger charge is -2.12. The van der Waals surface area contributed by atoms with Crippen LogP contribution in [0.25, 0.3) is 0 Å². The van der Waals surface area contributed by atoms with Crippen LogP contribution in [0.4, 0.5) is 18.9 Å². The normalized spacial score (nSPS) is 11.5. The number of carbonyl (C=O) groups is 2. The molecule has 0 aliphatic rings. The molecular formula is C11H7F3NO3-. The Bertz CT molecular complexity index is 495. The van der Waals surface area contributed by atoms with E-state index in [4.69, 9.17) is 0 Å². The van der Waals surface area contributed by atoms with E-state index in [9.17, 15) is 27.9 Å². The summed E-state index contributed by atoms with van der Waals surface area (Å²) in [7, 11) is 0. The Morgan fingerprint density at radius 2 is 1.78 bits per heavy atom. The summed E-state index contributed by atoms with van der Waals surface area (Å²) in [6.07, 6.45) is -3.62. The van der Waals surface area contributed by atoms with Crippen molar-refractivity contribution >= 4 is 17.6 Å². The molecular weight excluding hydrogens is 251 g/mol. The molecule has 96 valence electrons. The highest BCUT2D eigenvalue weighted by Crippen LogP contribution is 2.34. The van der Waals surface area contributed by atoms with Gasteiger partial charge in [-0.2, -0.15) is 13.2 Å². The van der Waals surface area contributed by atoms with Crippen LogP contribution in [0, 0.1) is 0 Å². The summed E-state index contributed by atoms with van der Waals surface area (Å²) in [4.78, 5) is 21.2. The van der Waals surface area contributed by atoms with Crippen molar-refractivity contribution in [2.24, 2.45) is 0 Å². The number of carbonyl (C=O) groups excluding carboxylic acids is 2. The molecule has 1 rings (SSSR count). The van der Waals surface area contributed by atoms with E-state index in [0.717, 1.165) is 12.1 Å². The Balaban J connectivity index is 2.92. The number of hydrogen-bond acceptors (Lipinski definition) is 3. The van der Waals surface area contributed by atoms with Crippen LogP contribution < -0.4 is 10.4 Å². The van der Waals surface area contributed by atoms with Crippen LogP contribution in [0.5, 0.6) is 0 Å². The van der Waals surface area contributed by atoms with Crippen LogP contribution in [-0.4, -0.2) is 11.9 Å². The number of para-hydroxylation sites is 1. The second-order valence-corrected chi connectivity index (χ2v) is 3.18. The molecule has 0 unspecified atom stereocenters. The monoisotopic (exact) mass is 258 g/mol. The number of benzene rings is 1. The van der Waals surface area contributed by atoms with Crippen LogP contribution >= 0.6 is 0 Å². The van der Waals surface area contributed by atoms with E-state index < -0.39 is 29.3 Å². The number of alkyl halides is 3. The van der Waals surface area contributed by atoms with Crippen LogP contribution in [0.3, 0.4) is 0 Å². The molecule has 4 nitrogen and oxygen atoms in total. The van der Waals surface area contributed by atoms with Gasteiger partial charge in [0.1, 0.15) is 0 Å². The summed E-state index contributed by atoms with van der Waals surface area (Å²) < 4.78 is 37.6. The molecule has 1 N–H and O–H groups in total. The number of carboxylic acid groups (broad SMARTS) is 1. The highest BCUT2D eigenvalue weighted by Gasteiger charge is 2.33. The number of amides is 1. The van der Waals surface area contributed by atoms with Gasteiger partial charge in [0.25, 0.3) is 0 Å². The van der Waals surface area contributed by atoms with Gasteiger partial charge in [-0.15, -0.1) is 0 Å². The Hall–Kier alpha value is -2.31. The fraction of sp³-hybridized carbons (Fsp3) is 0.0909. The lowest BCUT2D eigenvalue weighted by atomic mass is 10.1. The molecule has 1 aromatic carbocycles. The Labute approximate surface area is 99.7 Å². The Morgan fingerprint density at radius 3 is 2.33 bits per heavy atom. The van der Waals surface area contributed by atoms with Crippen LogP contribution in [0.15, 0.2) is 36.4 Å². The van der Waals surface area contributed by atoms with E-state index in [1.54, 1.807) is 0 Å². The zero-order valence-corrected chi connectivity index (χ0v) is 8.82. The molecule has 0 radical (unpaired) electrons. The summed E-state index contributed by atoms with van der Waals surface area (Å²) in [5, 5.41) is 12.0. The quantitative estimate of drug-likeness (QED) is 0.820. The molecule has 0 aliphatic carbocycles. The van der Waals surface area contributed by atoms with Gasteiger partial charge in [0.05, 0.1) is 17.2 Å². The first-order chi connectivity index (χ1) is 8.30. The van der Waals surface area contributed by atoms with E-state index >= 15 is 0 Å². The van der Waals surface area contributed by atoms with Gasteiger partial charge in [0.15, 0.2) is 0 Å². The van der Waals surface area contributed by atoms with Gasteiger partial charge < -0.3 is 15.2 Å². The van der Waals surface area contributed by atoms with E-state index in [-0.39, 0.29) is 0 Å². The number of hydrogen-bond donors (Lipinski definition) is 1. The standard InChI is InChI=1S/C11H8F3NO3/c12-11(13,14)7-3-1-2-4-8(7)15-9(16)5-6-10(17)18/h1-6H,(H,15,16)(H,17,18)/p-1/b6-5+. The Kier molecular flexibility index (Phi) is 4.09. The van der Waals surface area contributed by atoms with Gasteiger partial charge in [-0.25, -0.2) is 0 Å². The third-order valence-electron chi connectivity index (χ3n) is 1.86. The first-order valence-corrected chi connectivity index (χ1v) is 4.67. The van der Waals surface area contributed by atoms with Crippen molar-refractivity contribution in [1.29, 1.82) is 0 Å². The summed E-state index contributed by atoms with van der Waals surface area (Å²) in [5.74, 6) is -2.61. The zero-order chi connectivity index (χ0) is 13.8. The second-order valence-electron chi connectivity index (χ2n) is 3.18. The van der Waals surface area contributed by atoms with Crippen molar-refractivity contribution in [3.63, 3.8) is 0 Å². The number of halogens is 3. The molecule has 0 saturated heterocycles. The minimum absolute atomic E-state index is 0.422. The molecule has 0 spiro atoms. The smallest absolute Gasteiger partial charge is 0.418 e. The lowest BCUT2D eigenvalue weighted by molar-refractivity contribution is -0.297. The highest BCUT2D eigenvalue weighted by molar-refractivity contribution is 6.02. The van der Waals surface area contributed by atoms with Gasteiger partial charge >= 0.3 is 6.18 Å². The van der Waals surface area contributed by atoms with E-state index in [0.29, 0.717) is 12.2 Å². The molecule has 18 heavy (non-hydrogen) atoms. The molecule has 7 heteroatoms. The van der Waals surface area contributed by atoms with Crippen molar-refractivity contribution in [3.8, 4) is 0 Å². The van der Waals surface area contributed by atoms with Crippen molar-refractivity contribution in [3.05, 3.63) is 42.0 Å². The molecule has 0 bridgehead atoms. The van der Waals surface area contributed by atoms with Crippen molar-refractivity contribution in [1.82, 2.24) is 0 Å². The summed E-state index contributed by atoms with van der Waals surface area (Å²) in [5.41, 5.74) is -1.46. The predicted molar refractivity (Wildman–Crippen MR) is 54.2 cm³/mol. The number of aliphatic carboxylic acids is 1. The number of carboxylic acids is 1. The molecule has 0 atom stereocenters. The fourth-order valence-electron chi connectivity index (χ4n) is 1.16. The van der Waals surface area contributed by atoms with Gasteiger partial charge in [0.2, 0.25) is 5.91 Å². The van der Waals surface area contributed by atoms with Gasteiger partial charge in [-0.3, -0.25) is 4.79 Å². The highest BCUT2D eigenvalue weighted by atomic mass is 19.4. The van der Waals surface area contributed by atoms with Crippen LogP contribution in [0.2, 0.25) is 0 Å². The molecule has 0 fully saturated rings. The third kappa shape index (κ3) is 3.93. The first kappa shape index (κ1) is 13.8. The molecule has 0 aromatic heterocycles. The fourth-order valence-corrected chi connectivity index (χ4v) is 1.16. The van der Waals surface area contributed by atoms with Crippen LogP contribution in [0.1, 0.15) is 5.56 Å². The van der Waals surface area contributed by atoms with Gasteiger partial charge in [-0.1, -0.05) is 12.1 Å². The van der Waals surface area contributed by atoms with Crippen molar-refractivity contribution < 1.29 is 27.9 Å². The molecule has 0 heterocycles. The van der Waals surface area contributed by atoms with Crippen molar-refractivity contribution in [2.75, 3.05) is 5.32 Å². The second kappa shape index (κ2) is 5.35. The van der Waals surface area contributed by atoms with E-state index in [1.165, 1.54) is 12.1 Å². The first-order valence-electron chi connectivity index (χ1n) is 4.67. The third-order valence-corrected chi connectivity index (χ3v) is 1.86. The average Bonchev–Trinajstić information content (AvgIpc) is 2.25. The summed E-state index contributed by atoms with van der Waals surface area (Å²) >= 11 is 0. The largest absolute Gasteiger partial charge is 0.545 e. The molecule has 1 aromatic rings.